The van der Waals surface area contributed by atoms with Gasteiger partial charge in [-0.3, -0.25) is 0 Å². The Balaban J connectivity index is 1.38. The van der Waals surface area contributed by atoms with E-state index in [4.69, 9.17) is 28.4 Å². The lowest BCUT2D eigenvalue weighted by Gasteiger charge is -2.41. The molecule has 54 heavy (non-hydrogen) atoms. The number of hydrogen-bond acceptors (Lipinski definition) is 20. The van der Waals surface area contributed by atoms with Crippen molar-refractivity contribution >= 4 is 6.08 Å². The third-order valence-corrected chi connectivity index (χ3v) is 9.51. The molecule has 0 spiro atoms. The Morgan fingerprint density at radius 2 is 1.00 bits per heavy atom. The van der Waals surface area contributed by atoms with E-state index in [2.05, 4.69) is 4.74 Å². The molecule has 4 heterocycles. The van der Waals surface area contributed by atoms with Gasteiger partial charge in [-0.2, -0.15) is 0 Å². The van der Waals surface area contributed by atoms with Gasteiger partial charge in [-0.15, -0.1) is 0 Å². The topological polar surface area (TPSA) is 351 Å². The number of benzene rings is 2. The summed E-state index contributed by atoms with van der Waals surface area (Å²) >= 11 is 0. The fourth-order valence-electron chi connectivity index (χ4n) is 6.38. The summed E-state index contributed by atoms with van der Waals surface area (Å²) in [4.78, 5) is 0. The molecule has 4 aliphatic heterocycles. The predicted molar refractivity (Wildman–Crippen MR) is 172 cm³/mol. The Hall–Kier alpha value is -3.62. The lowest BCUT2D eigenvalue weighted by atomic mass is 9.98. The highest BCUT2D eigenvalue weighted by atomic mass is 16.7. The zero-order valence-electron chi connectivity index (χ0n) is 28.0. The molecule has 3 fully saturated rings. The van der Waals surface area contributed by atoms with E-state index in [1.54, 1.807) is 0 Å². The number of aliphatic hydroxyl groups is 13. The van der Waals surface area contributed by atoms with Gasteiger partial charge in [0.05, 0.1) is 31.5 Å². The highest BCUT2D eigenvalue weighted by molar-refractivity contribution is 5.70. The molecule has 0 aromatic heterocycles. The van der Waals surface area contributed by atoms with E-state index in [9.17, 15) is 71.5 Å². The number of rotatable bonds is 10. The minimum absolute atomic E-state index is 0.00483. The van der Waals surface area contributed by atoms with Gasteiger partial charge in [-0.25, -0.2) is 0 Å². The standard InChI is InChI=1S/C33H42O21/c34-7-18-21(39)24(42)27(45)31(52-18)49-15-5-11(37)4-14-12(15)6-17(51-33-29(47)26(44)23(41)20(9-36)54-33)30(48-14)10-1-2-13(38)16(3-10)50-32-28(46)25(43)22(40)19(8-35)53-32/h1-6,18-47H,7-9H2/p+1/t18-,19+,20-,21-,22-,23-,24+,25+,26-,27-,28-,29+,30?,31-,32+,33-/m1/s1. The monoisotopic (exact) mass is 775 g/mol. The third kappa shape index (κ3) is 7.62. The Morgan fingerprint density at radius 1 is 0.537 bits per heavy atom. The molecule has 2 aromatic carbocycles. The Kier molecular flexibility index (Phi) is 12.0. The van der Waals surface area contributed by atoms with Gasteiger partial charge >= 0.3 is 0 Å². The molecule has 21 heteroatoms. The van der Waals surface area contributed by atoms with Crippen molar-refractivity contribution in [2.75, 3.05) is 19.8 Å². The fraction of sp³-hybridized carbons (Fsp3) is 0.576. The molecule has 21 nitrogen and oxygen atoms in total. The largest absolute Gasteiger partial charge is 0.571 e. The quantitative estimate of drug-likeness (QED) is 0.100. The number of aliphatic hydroxyl groups excluding tert-OH is 12. The zero-order valence-corrected chi connectivity index (χ0v) is 28.0. The molecule has 1 unspecified atom stereocenters. The van der Waals surface area contributed by atoms with Crippen LogP contribution in [0.5, 0.6) is 28.7 Å². The zero-order chi connectivity index (χ0) is 39.2. The van der Waals surface area contributed by atoms with Crippen LogP contribution >= 0.6 is 0 Å². The Labute approximate surface area is 304 Å². The molecule has 0 saturated carbocycles. The average molecular weight is 776 g/mol. The third-order valence-electron chi connectivity index (χ3n) is 9.51. The van der Waals surface area contributed by atoms with Gasteiger partial charge in [-0.1, -0.05) is 0 Å². The summed E-state index contributed by atoms with van der Waals surface area (Å²) in [6.07, 6.45) is -25.4. The first-order valence-electron chi connectivity index (χ1n) is 16.7. The number of phenols is 2. The van der Waals surface area contributed by atoms with Crippen molar-refractivity contribution < 1.29 is 105 Å². The Morgan fingerprint density at radius 3 is 1.48 bits per heavy atom. The molecule has 300 valence electrons. The minimum Gasteiger partial charge on any atom is -0.571 e. The minimum atomic E-state index is -1.89. The van der Waals surface area contributed by atoms with E-state index in [0.717, 1.165) is 12.1 Å². The number of phenolic OH excluding ortho intramolecular Hbond substituents is 2. The first-order valence-corrected chi connectivity index (χ1v) is 16.7. The van der Waals surface area contributed by atoms with Crippen molar-refractivity contribution in [1.29, 1.82) is 0 Å². The van der Waals surface area contributed by atoms with Gasteiger partial charge in [0.25, 0.3) is 11.9 Å². The summed E-state index contributed by atoms with van der Waals surface area (Å²) in [6, 6.07) is 6.02. The molecule has 3 saturated heterocycles. The summed E-state index contributed by atoms with van der Waals surface area (Å²) in [7, 11) is 0. The van der Waals surface area contributed by atoms with Crippen LogP contribution in [0.15, 0.2) is 36.1 Å². The molecule has 0 aliphatic carbocycles. The van der Waals surface area contributed by atoms with Crippen LogP contribution in [0.25, 0.3) is 6.08 Å². The Bertz CT molecular complexity index is 1640. The first kappa shape index (κ1) is 40.1. The number of fused-ring (bicyclic) bond motifs is 1. The maximum Gasteiger partial charge on any atom is 0.270 e. The van der Waals surface area contributed by atoms with Gasteiger partial charge in [0.2, 0.25) is 18.9 Å². The van der Waals surface area contributed by atoms with Crippen LogP contribution in [0, 0.1) is 0 Å². The average Bonchev–Trinajstić information content (AvgIpc) is 3.16. The van der Waals surface area contributed by atoms with Crippen LogP contribution in [-0.4, -0.2) is 188 Å². The predicted octanol–water partition coefficient (Wildman–Crippen LogP) is -5.39. The number of aromatic hydroxyl groups is 3. The molecule has 6 rings (SSSR count). The van der Waals surface area contributed by atoms with Crippen LogP contribution in [-0.2, 0) is 18.9 Å². The molecular weight excluding hydrogens is 732 g/mol. The van der Waals surface area contributed by atoms with E-state index in [1.807, 2.05) is 0 Å². The van der Waals surface area contributed by atoms with Gasteiger partial charge < -0.3 is 105 Å². The molecule has 0 amide bonds. The van der Waals surface area contributed by atoms with Crippen LogP contribution in [0.4, 0.5) is 0 Å². The van der Waals surface area contributed by atoms with Crippen molar-refractivity contribution in [2.45, 2.75) is 98.2 Å². The van der Waals surface area contributed by atoms with E-state index < -0.39 is 130 Å². The molecule has 0 bridgehead atoms. The van der Waals surface area contributed by atoms with Crippen LogP contribution in [0.1, 0.15) is 17.2 Å². The van der Waals surface area contributed by atoms with E-state index in [1.165, 1.54) is 24.3 Å². The molecule has 16 atom stereocenters. The van der Waals surface area contributed by atoms with Crippen LogP contribution < -0.4 is 9.47 Å². The second-order valence-corrected chi connectivity index (χ2v) is 13.1. The summed E-state index contributed by atoms with van der Waals surface area (Å²) in [5.41, 5.74) is 0.186. The van der Waals surface area contributed by atoms with Gasteiger partial charge in [-0.05, 0) is 18.2 Å². The second-order valence-electron chi connectivity index (χ2n) is 13.1. The normalized spacial score (nSPS) is 39.5. The first-order chi connectivity index (χ1) is 25.7. The maximum absolute atomic E-state index is 10.8. The number of hydrogen-bond donors (Lipinski definition) is 14. The van der Waals surface area contributed by atoms with Crippen molar-refractivity contribution in [3.05, 3.63) is 47.2 Å². The molecular formula is C33H43O21+. The molecule has 15 N–H and O–H groups in total. The van der Waals surface area contributed by atoms with Gasteiger partial charge in [0.1, 0.15) is 90.3 Å². The lowest BCUT2D eigenvalue weighted by molar-refractivity contribution is -0.295. The smallest absolute Gasteiger partial charge is 0.270 e. The highest BCUT2D eigenvalue weighted by Crippen LogP contribution is 2.47. The SMILES string of the molecule is OC[C@@H]1O[C@H](Oc2cc(C3[OH+]c4cc(O)cc(O[C@@H]5O[C@H](CO)[C@@H](O)[C@H](O)[C@H]5O)c4C=C3O[C@@H]3O[C@H](CO)[C@@H](O)[C@@H](O)[C@@H]3O)ccc2O)[C@H](O)[C@@H](O)[C@@H]1O. The number of ether oxygens (including phenoxy) is 7. The summed E-state index contributed by atoms with van der Waals surface area (Å²) < 4.78 is 38.5. The van der Waals surface area contributed by atoms with Gasteiger partial charge in [0.15, 0.2) is 17.3 Å². The fourth-order valence-corrected chi connectivity index (χ4v) is 6.38. The lowest BCUT2D eigenvalue weighted by Crippen LogP contribution is -2.60. The van der Waals surface area contributed by atoms with E-state index >= 15 is 0 Å². The van der Waals surface area contributed by atoms with Crippen LogP contribution in [0.3, 0.4) is 0 Å². The maximum atomic E-state index is 10.8. The molecule has 4 aliphatic rings. The summed E-state index contributed by atoms with van der Waals surface area (Å²) in [5, 5.41) is 144. The van der Waals surface area contributed by atoms with Crippen molar-refractivity contribution in [3.63, 3.8) is 0 Å². The van der Waals surface area contributed by atoms with E-state index in [0.29, 0.717) is 0 Å². The summed E-state index contributed by atoms with van der Waals surface area (Å²) in [5.74, 6) is -1.69. The van der Waals surface area contributed by atoms with Crippen molar-refractivity contribution in [2.24, 2.45) is 0 Å². The van der Waals surface area contributed by atoms with E-state index in [-0.39, 0.29) is 34.1 Å². The van der Waals surface area contributed by atoms with Crippen molar-refractivity contribution in [3.8, 4) is 28.7 Å². The molecule has 0 radical (unpaired) electrons. The molecule has 2 aromatic rings. The van der Waals surface area contributed by atoms with Crippen LogP contribution in [0.2, 0.25) is 0 Å². The highest BCUT2D eigenvalue weighted by Gasteiger charge is 2.49. The second kappa shape index (κ2) is 16.2. The summed E-state index contributed by atoms with van der Waals surface area (Å²) in [6.45, 7) is -2.30. The van der Waals surface area contributed by atoms with Crippen molar-refractivity contribution in [1.82, 2.24) is 0 Å². The van der Waals surface area contributed by atoms with Gasteiger partial charge in [0, 0.05) is 12.1 Å².